The summed E-state index contributed by atoms with van der Waals surface area (Å²) in [6, 6.07) is 25.2. The monoisotopic (exact) mass is 377 g/mol. The van der Waals surface area contributed by atoms with Crippen LogP contribution < -0.4 is 4.74 Å². The molecule has 4 rings (SSSR count). The van der Waals surface area contributed by atoms with Crippen molar-refractivity contribution in [3.05, 3.63) is 84.6 Å². The van der Waals surface area contributed by atoms with Crippen molar-refractivity contribution in [2.24, 2.45) is 0 Å². The zero-order valence-electron chi connectivity index (χ0n) is 15.5. The lowest BCUT2D eigenvalue weighted by molar-refractivity contribution is 0.208. The third kappa shape index (κ3) is 4.58. The van der Waals surface area contributed by atoms with Crippen molar-refractivity contribution in [2.75, 3.05) is 0 Å². The number of hydrogen-bond donors (Lipinski definition) is 0. The Morgan fingerprint density at radius 1 is 0.889 bits per heavy atom. The molecule has 0 saturated heterocycles. The Hall–Kier alpha value is -2.58. The summed E-state index contributed by atoms with van der Waals surface area (Å²) in [6.45, 7) is 2.14. The van der Waals surface area contributed by atoms with E-state index in [4.69, 9.17) is 4.74 Å². The SMILES string of the molecule is CC(CCCc1ccccc1)Oc1ccc2c(c1)ncc1ccccc12.Cl. The summed E-state index contributed by atoms with van der Waals surface area (Å²) in [4.78, 5) is 4.60. The highest BCUT2D eigenvalue weighted by Crippen LogP contribution is 2.27. The summed E-state index contributed by atoms with van der Waals surface area (Å²) in [5.41, 5.74) is 2.37. The quantitative estimate of drug-likeness (QED) is 0.353. The number of halogens is 1. The smallest absolute Gasteiger partial charge is 0.121 e. The number of ether oxygens (including phenoxy) is 1. The minimum absolute atomic E-state index is 0. The molecule has 0 bridgehead atoms. The molecule has 27 heavy (non-hydrogen) atoms. The van der Waals surface area contributed by atoms with Crippen molar-refractivity contribution in [3.8, 4) is 5.75 Å². The van der Waals surface area contributed by atoms with Crippen LogP contribution in [0.1, 0.15) is 25.3 Å². The number of aryl methyl sites for hydroxylation is 1. The second-order valence-electron chi connectivity index (χ2n) is 6.83. The van der Waals surface area contributed by atoms with Crippen LogP contribution in [0.4, 0.5) is 0 Å². The van der Waals surface area contributed by atoms with Gasteiger partial charge in [0.2, 0.25) is 0 Å². The minimum Gasteiger partial charge on any atom is -0.491 e. The Morgan fingerprint density at radius 2 is 1.67 bits per heavy atom. The van der Waals surface area contributed by atoms with E-state index in [1.165, 1.54) is 21.7 Å². The van der Waals surface area contributed by atoms with Gasteiger partial charge in [-0.1, -0.05) is 54.6 Å². The van der Waals surface area contributed by atoms with Crippen LogP contribution in [0.25, 0.3) is 21.7 Å². The highest BCUT2D eigenvalue weighted by molar-refractivity contribution is 6.05. The molecule has 1 heterocycles. The Balaban J connectivity index is 0.00000210. The van der Waals surface area contributed by atoms with E-state index >= 15 is 0 Å². The maximum atomic E-state index is 6.13. The molecule has 1 unspecified atom stereocenters. The molecule has 1 aromatic heterocycles. The van der Waals surface area contributed by atoms with Crippen LogP contribution in [-0.2, 0) is 6.42 Å². The van der Waals surface area contributed by atoms with E-state index in [1.54, 1.807) is 0 Å². The number of hydrogen-bond acceptors (Lipinski definition) is 2. The Bertz CT molecular complexity index is 1020. The second-order valence-corrected chi connectivity index (χ2v) is 6.83. The molecule has 0 aliphatic rings. The van der Waals surface area contributed by atoms with Gasteiger partial charge in [-0.2, -0.15) is 0 Å². The average Bonchev–Trinajstić information content (AvgIpc) is 2.68. The maximum absolute atomic E-state index is 6.13. The van der Waals surface area contributed by atoms with E-state index in [0.717, 1.165) is 30.5 Å². The van der Waals surface area contributed by atoms with Crippen LogP contribution in [0.2, 0.25) is 0 Å². The molecule has 0 aliphatic heterocycles. The minimum atomic E-state index is 0. The predicted octanol–water partition coefficient (Wildman–Crippen LogP) is 6.60. The van der Waals surface area contributed by atoms with Crippen molar-refractivity contribution in [1.82, 2.24) is 4.98 Å². The summed E-state index contributed by atoms with van der Waals surface area (Å²) in [5, 5.41) is 3.58. The van der Waals surface area contributed by atoms with Crippen LogP contribution in [0.15, 0.2) is 79.0 Å². The molecule has 3 heteroatoms. The van der Waals surface area contributed by atoms with Crippen molar-refractivity contribution < 1.29 is 4.74 Å². The summed E-state index contributed by atoms with van der Waals surface area (Å²) in [5.74, 6) is 0.896. The van der Waals surface area contributed by atoms with Crippen LogP contribution in [0.5, 0.6) is 5.75 Å². The second kappa shape index (κ2) is 8.88. The van der Waals surface area contributed by atoms with Gasteiger partial charge in [0.05, 0.1) is 11.6 Å². The Kier molecular flexibility index (Phi) is 6.31. The fourth-order valence-electron chi connectivity index (χ4n) is 3.44. The molecular weight excluding hydrogens is 354 g/mol. The van der Waals surface area contributed by atoms with Gasteiger partial charge in [0.25, 0.3) is 0 Å². The Labute approximate surface area is 166 Å². The standard InChI is InChI=1S/C24H23NO.ClH/c1-18(8-7-11-19-9-3-2-4-10-19)26-21-14-15-23-22-13-6-5-12-20(22)17-25-24(23)16-21;/h2-6,9-10,12-18H,7-8,11H2,1H3;1H. The molecule has 0 spiro atoms. The fraction of sp³-hybridized carbons (Fsp3) is 0.208. The highest BCUT2D eigenvalue weighted by Gasteiger charge is 2.07. The van der Waals surface area contributed by atoms with Crippen molar-refractivity contribution >= 4 is 34.1 Å². The molecule has 0 fully saturated rings. The van der Waals surface area contributed by atoms with Gasteiger partial charge < -0.3 is 4.74 Å². The first-order chi connectivity index (χ1) is 12.8. The molecule has 0 amide bonds. The van der Waals surface area contributed by atoms with E-state index in [9.17, 15) is 0 Å². The molecule has 0 N–H and O–H groups in total. The van der Waals surface area contributed by atoms with Gasteiger partial charge in [-0.15, -0.1) is 12.4 Å². The van der Waals surface area contributed by atoms with Crippen LogP contribution in [0.3, 0.4) is 0 Å². The largest absolute Gasteiger partial charge is 0.491 e. The van der Waals surface area contributed by atoms with Crippen molar-refractivity contribution in [3.63, 3.8) is 0 Å². The predicted molar refractivity (Wildman–Crippen MR) is 116 cm³/mol. The highest BCUT2D eigenvalue weighted by atomic mass is 35.5. The number of fused-ring (bicyclic) bond motifs is 3. The van der Waals surface area contributed by atoms with E-state index in [-0.39, 0.29) is 18.5 Å². The fourth-order valence-corrected chi connectivity index (χ4v) is 3.44. The van der Waals surface area contributed by atoms with E-state index in [0.29, 0.717) is 0 Å². The number of pyridine rings is 1. The molecule has 0 aliphatic carbocycles. The first-order valence-electron chi connectivity index (χ1n) is 9.28. The molecule has 0 saturated carbocycles. The molecule has 1 atom stereocenters. The van der Waals surface area contributed by atoms with E-state index in [2.05, 4.69) is 78.6 Å². The van der Waals surface area contributed by atoms with E-state index < -0.39 is 0 Å². The molecular formula is C24H24ClNO. The lowest BCUT2D eigenvalue weighted by Gasteiger charge is -2.15. The summed E-state index contributed by atoms with van der Waals surface area (Å²) in [7, 11) is 0. The van der Waals surface area contributed by atoms with Gasteiger partial charge in [0, 0.05) is 23.0 Å². The van der Waals surface area contributed by atoms with Crippen molar-refractivity contribution in [2.45, 2.75) is 32.3 Å². The van der Waals surface area contributed by atoms with Gasteiger partial charge in [-0.25, -0.2) is 0 Å². The summed E-state index contributed by atoms with van der Waals surface area (Å²) in [6.07, 6.45) is 5.39. The number of rotatable bonds is 6. The average molecular weight is 378 g/mol. The Morgan fingerprint density at radius 3 is 2.52 bits per heavy atom. The first-order valence-corrected chi connectivity index (χ1v) is 9.28. The van der Waals surface area contributed by atoms with Gasteiger partial charge in [-0.3, -0.25) is 4.98 Å². The third-order valence-electron chi connectivity index (χ3n) is 4.82. The molecule has 2 nitrogen and oxygen atoms in total. The zero-order chi connectivity index (χ0) is 17.8. The number of aromatic nitrogens is 1. The third-order valence-corrected chi connectivity index (χ3v) is 4.82. The normalized spacial score (nSPS) is 11.9. The molecule has 3 aromatic carbocycles. The summed E-state index contributed by atoms with van der Waals surface area (Å²) < 4.78 is 6.13. The van der Waals surface area contributed by atoms with Gasteiger partial charge >= 0.3 is 0 Å². The maximum Gasteiger partial charge on any atom is 0.121 e. The molecule has 4 aromatic rings. The van der Waals surface area contributed by atoms with Gasteiger partial charge in [0.1, 0.15) is 5.75 Å². The molecule has 138 valence electrons. The first kappa shape index (κ1) is 19.2. The van der Waals surface area contributed by atoms with E-state index in [1.807, 2.05) is 12.3 Å². The number of nitrogens with zero attached hydrogens (tertiary/aromatic N) is 1. The topological polar surface area (TPSA) is 22.1 Å². The number of benzene rings is 3. The lowest BCUT2D eigenvalue weighted by Crippen LogP contribution is -2.12. The van der Waals surface area contributed by atoms with Gasteiger partial charge in [-0.05, 0) is 49.3 Å². The summed E-state index contributed by atoms with van der Waals surface area (Å²) >= 11 is 0. The lowest BCUT2D eigenvalue weighted by atomic mass is 10.1. The van der Waals surface area contributed by atoms with Crippen LogP contribution in [-0.4, -0.2) is 11.1 Å². The molecule has 0 radical (unpaired) electrons. The van der Waals surface area contributed by atoms with Crippen LogP contribution >= 0.6 is 12.4 Å². The van der Waals surface area contributed by atoms with Gasteiger partial charge in [0.15, 0.2) is 0 Å². The zero-order valence-corrected chi connectivity index (χ0v) is 16.3. The van der Waals surface area contributed by atoms with Crippen LogP contribution in [0, 0.1) is 0 Å². The van der Waals surface area contributed by atoms with Crippen molar-refractivity contribution in [1.29, 1.82) is 0 Å².